The lowest BCUT2D eigenvalue weighted by Gasteiger charge is -1.85. The molecule has 2 heteroatoms. The van der Waals surface area contributed by atoms with Crippen molar-refractivity contribution in [2.75, 3.05) is 0 Å². The summed E-state index contributed by atoms with van der Waals surface area (Å²) < 4.78 is 1.97. The summed E-state index contributed by atoms with van der Waals surface area (Å²) in [5.41, 5.74) is 0. The minimum atomic E-state index is 1.01. The second-order valence-electron chi connectivity index (χ2n) is 2.32. The van der Waals surface area contributed by atoms with Gasteiger partial charge >= 0.3 is 0 Å². The monoisotopic (exact) mass is 148 g/mol. The molecular weight excluding hydrogens is 136 g/mol. The van der Waals surface area contributed by atoms with E-state index in [1.807, 2.05) is 30.7 Å². The zero-order valence-corrected chi connectivity index (χ0v) is 6.91. The minimum Gasteiger partial charge on any atom is -0.334 e. The molecule has 1 heterocycles. The quantitative estimate of drug-likeness (QED) is 0.556. The van der Waals surface area contributed by atoms with Gasteiger partial charge in [-0.1, -0.05) is 18.7 Å². The van der Waals surface area contributed by atoms with Crippen LogP contribution in [0.15, 0.2) is 19.0 Å². The van der Waals surface area contributed by atoms with Crippen LogP contribution < -0.4 is 10.7 Å². The maximum atomic E-state index is 4.18. The number of hydrogen-bond donors (Lipinski definition) is 0. The summed E-state index contributed by atoms with van der Waals surface area (Å²) in [6.45, 7) is 5.62. The highest BCUT2D eigenvalue weighted by Gasteiger charge is 1.87. The average molecular weight is 148 g/mol. The zero-order valence-electron chi connectivity index (χ0n) is 6.91. The molecule has 0 saturated carbocycles. The largest absolute Gasteiger partial charge is 0.334 e. The molecule has 0 unspecified atom stereocenters. The first-order valence-electron chi connectivity index (χ1n) is 3.56. The molecule has 0 radical (unpaired) electrons. The lowest BCUT2D eigenvalue weighted by atomic mass is 10.4. The van der Waals surface area contributed by atoms with E-state index in [0.29, 0.717) is 0 Å². The molecule has 0 amide bonds. The summed E-state index contributed by atoms with van der Waals surface area (Å²) in [6.07, 6.45) is 7.49. The average Bonchev–Trinajstić information content (AvgIpc) is 2.34. The first kappa shape index (κ1) is 7.79. The second-order valence-corrected chi connectivity index (χ2v) is 2.32. The Bertz CT molecular complexity index is 357. The van der Waals surface area contributed by atoms with E-state index in [4.69, 9.17) is 0 Å². The summed E-state index contributed by atoms with van der Waals surface area (Å²) in [7, 11) is 1.97. The number of aromatic nitrogens is 2. The van der Waals surface area contributed by atoms with Gasteiger partial charge < -0.3 is 4.57 Å². The van der Waals surface area contributed by atoms with Crippen LogP contribution in [0.2, 0.25) is 0 Å². The van der Waals surface area contributed by atoms with Crippen molar-refractivity contribution in [3.63, 3.8) is 0 Å². The lowest BCUT2D eigenvalue weighted by molar-refractivity contribution is 0.881. The van der Waals surface area contributed by atoms with Gasteiger partial charge in [0, 0.05) is 7.05 Å². The molecule has 0 aromatic carbocycles. The summed E-state index contributed by atoms with van der Waals surface area (Å²) in [4.78, 5) is 4.18. The van der Waals surface area contributed by atoms with Crippen molar-refractivity contribution in [1.82, 2.24) is 9.55 Å². The highest BCUT2D eigenvalue weighted by Crippen LogP contribution is 1.67. The van der Waals surface area contributed by atoms with Gasteiger partial charge in [-0.05, 0) is 13.0 Å². The Morgan fingerprint density at radius 3 is 2.91 bits per heavy atom. The van der Waals surface area contributed by atoms with Gasteiger partial charge in [-0.25, -0.2) is 4.98 Å². The zero-order chi connectivity index (χ0) is 8.27. The summed E-state index contributed by atoms with van der Waals surface area (Å²) in [6, 6.07) is 0. The van der Waals surface area contributed by atoms with Crippen LogP contribution in [0.5, 0.6) is 0 Å². The fourth-order valence-electron chi connectivity index (χ4n) is 0.995. The van der Waals surface area contributed by atoms with Crippen molar-refractivity contribution in [3.05, 3.63) is 29.7 Å². The van der Waals surface area contributed by atoms with E-state index in [-0.39, 0.29) is 0 Å². The normalized spacial score (nSPS) is 14.0. The fraction of sp³-hybridized carbons (Fsp3) is 0.222. The van der Waals surface area contributed by atoms with Crippen LogP contribution in [0.4, 0.5) is 0 Å². The van der Waals surface area contributed by atoms with E-state index < -0.39 is 0 Å². The number of aryl methyl sites for hydroxylation is 1. The Balaban J connectivity index is 3.54. The molecule has 0 N–H and O–H groups in total. The van der Waals surface area contributed by atoms with Crippen molar-refractivity contribution >= 4 is 12.2 Å². The highest BCUT2D eigenvalue weighted by atomic mass is 15.0. The van der Waals surface area contributed by atoms with Gasteiger partial charge in [0.25, 0.3) is 0 Å². The smallest absolute Gasteiger partial charge is 0.0955 e. The van der Waals surface area contributed by atoms with Crippen LogP contribution in [0.3, 0.4) is 0 Å². The van der Waals surface area contributed by atoms with Crippen LogP contribution in [-0.2, 0) is 7.05 Å². The van der Waals surface area contributed by atoms with E-state index in [9.17, 15) is 0 Å². The Labute approximate surface area is 66.2 Å². The topological polar surface area (TPSA) is 17.8 Å². The number of allylic oxidation sites excluding steroid dienone is 1. The molecule has 11 heavy (non-hydrogen) atoms. The SMILES string of the molecule is C=C/C=c1\c(=C/C)ncn1C. The third-order valence-corrected chi connectivity index (χ3v) is 1.56. The Kier molecular flexibility index (Phi) is 2.26. The molecule has 2 nitrogen and oxygen atoms in total. The molecule has 0 aliphatic rings. The molecule has 1 rings (SSSR count). The number of hydrogen-bond acceptors (Lipinski definition) is 1. The maximum absolute atomic E-state index is 4.18. The van der Waals surface area contributed by atoms with Crippen molar-refractivity contribution < 1.29 is 0 Å². The molecule has 0 fully saturated rings. The first-order chi connectivity index (χ1) is 5.29. The third-order valence-electron chi connectivity index (χ3n) is 1.56. The van der Waals surface area contributed by atoms with Gasteiger partial charge in [0.15, 0.2) is 0 Å². The predicted octanol–water partition coefficient (Wildman–Crippen LogP) is 0.187. The number of imidazole rings is 1. The van der Waals surface area contributed by atoms with Gasteiger partial charge in [0.2, 0.25) is 0 Å². The van der Waals surface area contributed by atoms with Crippen LogP contribution in [0.1, 0.15) is 6.92 Å². The molecule has 0 atom stereocenters. The molecule has 0 aliphatic carbocycles. The Morgan fingerprint density at radius 1 is 1.64 bits per heavy atom. The van der Waals surface area contributed by atoms with Gasteiger partial charge in [-0.3, -0.25) is 0 Å². The fourth-order valence-corrected chi connectivity index (χ4v) is 0.995. The molecule has 0 saturated heterocycles. The second kappa shape index (κ2) is 3.19. The van der Waals surface area contributed by atoms with Crippen LogP contribution in [-0.4, -0.2) is 9.55 Å². The molecule has 1 aromatic rings. The lowest BCUT2D eigenvalue weighted by Crippen LogP contribution is -2.27. The molecular formula is C9H12N2. The summed E-state index contributed by atoms with van der Waals surface area (Å²) in [5.74, 6) is 0. The number of rotatable bonds is 1. The third kappa shape index (κ3) is 1.40. The van der Waals surface area contributed by atoms with Crippen LogP contribution >= 0.6 is 0 Å². The maximum Gasteiger partial charge on any atom is 0.0955 e. The molecule has 0 aliphatic heterocycles. The molecule has 1 aromatic heterocycles. The summed E-state index contributed by atoms with van der Waals surface area (Å²) in [5, 5.41) is 2.11. The van der Waals surface area contributed by atoms with E-state index in [1.165, 1.54) is 0 Å². The van der Waals surface area contributed by atoms with E-state index >= 15 is 0 Å². The first-order valence-corrected chi connectivity index (χ1v) is 3.56. The highest BCUT2D eigenvalue weighted by molar-refractivity contribution is 5.34. The summed E-state index contributed by atoms with van der Waals surface area (Å²) >= 11 is 0. The van der Waals surface area contributed by atoms with Crippen molar-refractivity contribution in [1.29, 1.82) is 0 Å². The Morgan fingerprint density at radius 2 is 2.36 bits per heavy atom. The van der Waals surface area contributed by atoms with Crippen LogP contribution in [0.25, 0.3) is 12.2 Å². The van der Waals surface area contributed by atoms with Gasteiger partial charge in [0.05, 0.1) is 17.0 Å². The van der Waals surface area contributed by atoms with Crippen molar-refractivity contribution in [2.45, 2.75) is 6.92 Å². The molecule has 0 bridgehead atoms. The van der Waals surface area contributed by atoms with Crippen molar-refractivity contribution in [2.24, 2.45) is 7.05 Å². The van der Waals surface area contributed by atoms with E-state index in [0.717, 1.165) is 10.7 Å². The van der Waals surface area contributed by atoms with Crippen molar-refractivity contribution in [3.8, 4) is 0 Å². The van der Waals surface area contributed by atoms with Crippen LogP contribution in [0, 0.1) is 0 Å². The number of nitrogens with zero attached hydrogens (tertiary/aromatic N) is 2. The Hall–Kier alpha value is -1.31. The van der Waals surface area contributed by atoms with Gasteiger partial charge in [-0.2, -0.15) is 0 Å². The van der Waals surface area contributed by atoms with E-state index in [2.05, 4.69) is 11.6 Å². The van der Waals surface area contributed by atoms with Gasteiger partial charge in [-0.15, -0.1) is 0 Å². The standard InChI is InChI=1S/C9H12N2/c1-4-6-9-8(5-2)10-7-11(9)3/h4-7H,1H2,2-3H3/b8-5+,9-6+. The molecule has 0 spiro atoms. The van der Waals surface area contributed by atoms with E-state index in [1.54, 1.807) is 12.4 Å². The molecule has 58 valence electrons. The van der Waals surface area contributed by atoms with Gasteiger partial charge in [0.1, 0.15) is 0 Å². The minimum absolute atomic E-state index is 1.01. The predicted molar refractivity (Wildman–Crippen MR) is 47.3 cm³/mol.